The number of anilines is 1. The van der Waals surface area contributed by atoms with Gasteiger partial charge in [0.25, 0.3) is 0 Å². The lowest BCUT2D eigenvalue weighted by Crippen LogP contribution is -2.38. The smallest absolute Gasteiger partial charge is 0.345 e. The predicted molar refractivity (Wildman–Crippen MR) is 78.6 cm³/mol. The summed E-state index contributed by atoms with van der Waals surface area (Å²) in [6.45, 7) is 2.56. The van der Waals surface area contributed by atoms with Crippen LogP contribution in [0, 0.1) is 16.0 Å². The monoisotopic (exact) mass is 328 g/mol. The lowest BCUT2D eigenvalue weighted by molar-refractivity contribution is -0.380. The number of hydrogen-bond acceptors (Lipinski definition) is 7. The minimum absolute atomic E-state index is 0.101. The maximum absolute atomic E-state index is 12.1. The largest absolute Gasteiger partial charge is 0.383 e. The van der Waals surface area contributed by atoms with Gasteiger partial charge in [0.15, 0.2) is 5.13 Å². The van der Waals surface area contributed by atoms with Crippen molar-refractivity contribution in [3.05, 3.63) is 16.3 Å². The van der Waals surface area contributed by atoms with E-state index in [9.17, 15) is 19.7 Å². The molecule has 0 radical (unpaired) electrons. The third-order valence-electron chi connectivity index (χ3n) is 3.37. The Bertz CT molecular complexity index is 590. The third-order valence-corrected chi connectivity index (χ3v) is 4.24. The summed E-state index contributed by atoms with van der Waals surface area (Å²) in [5.74, 6) is -0.950. The molecule has 1 aliphatic heterocycles. The number of carbonyl (C=O) groups is 2. The summed E-state index contributed by atoms with van der Waals surface area (Å²) in [6, 6.07) is -0.101. The Morgan fingerprint density at radius 1 is 1.73 bits per heavy atom. The van der Waals surface area contributed by atoms with Crippen LogP contribution in [0.2, 0.25) is 0 Å². The summed E-state index contributed by atoms with van der Waals surface area (Å²) in [4.78, 5) is 39.5. The van der Waals surface area contributed by atoms with Crippen LogP contribution in [-0.4, -0.2) is 52.9 Å². The van der Waals surface area contributed by atoms with Crippen molar-refractivity contribution in [2.24, 2.45) is 5.92 Å². The van der Waals surface area contributed by atoms with Crippen molar-refractivity contribution in [2.75, 3.05) is 25.6 Å². The van der Waals surface area contributed by atoms with Crippen LogP contribution in [0.1, 0.15) is 13.3 Å². The topological polar surface area (TPSA) is 115 Å². The molecule has 9 nitrogen and oxygen atoms in total. The molecule has 2 atom stereocenters. The SMILES string of the molecule is COC[C@@H](C)N1C[C@H](C(=O)Nc2ncc([N+](=O)[O-])s2)CC1=O. The van der Waals surface area contributed by atoms with Crippen LogP contribution in [-0.2, 0) is 14.3 Å². The average Bonchev–Trinajstić information content (AvgIpc) is 3.05. The van der Waals surface area contributed by atoms with Crippen molar-refractivity contribution in [1.29, 1.82) is 0 Å². The van der Waals surface area contributed by atoms with Gasteiger partial charge in [0, 0.05) is 20.1 Å². The lowest BCUT2D eigenvalue weighted by Gasteiger charge is -2.23. The molecule has 2 heterocycles. The number of nitrogens with one attached hydrogen (secondary N) is 1. The van der Waals surface area contributed by atoms with E-state index < -0.39 is 10.8 Å². The average molecular weight is 328 g/mol. The molecule has 120 valence electrons. The first-order chi connectivity index (χ1) is 10.4. The first kappa shape index (κ1) is 16.3. The zero-order valence-electron chi connectivity index (χ0n) is 12.1. The van der Waals surface area contributed by atoms with Crippen molar-refractivity contribution < 1.29 is 19.2 Å². The van der Waals surface area contributed by atoms with Gasteiger partial charge in [-0.2, -0.15) is 0 Å². The van der Waals surface area contributed by atoms with Gasteiger partial charge in [-0.05, 0) is 18.3 Å². The number of likely N-dealkylation sites (tertiary alicyclic amines) is 1. The lowest BCUT2D eigenvalue weighted by atomic mass is 10.1. The van der Waals surface area contributed by atoms with E-state index in [1.54, 1.807) is 12.0 Å². The Morgan fingerprint density at radius 2 is 2.45 bits per heavy atom. The molecule has 2 rings (SSSR count). The Hall–Kier alpha value is -2.07. The van der Waals surface area contributed by atoms with E-state index in [2.05, 4.69) is 10.3 Å². The highest BCUT2D eigenvalue weighted by Crippen LogP contribution is 2.27. The third kappa shape index (κ3) is 3.57. The van der Waals surface area contributed by atoms with E-state index in [0.717, 1.165) is 17.5 Å². The quantitative estimate of drug-likeness (QED) is 0.612. The van der Waals surface area contributed by atoms with Crippen LogP contribution in [0.3, 0.4) is 0 Å². The summed E-state index contributed by atoms with van der Waals surface area (Å²) in [6.07, 6.45) is 1.21. The van der Waals surface area contributed by atoms with Crippen molar-refractivity contribution in [3.63, 3.8) is 0 Å². The van der Waals surface area contributed by atoms with Crippen LogP contribution >= 0.6 is 11.3 Å². The standard InChI is InChI=1S/C12H16N4O5S/c1-7(6-21-2)15-5-8(3-9(15)17)11(18)14-12-13-4-10(22-12)16(19)20/h4,7-8H,3,5-6H2,1-2H3,(H,13,14,18)/t7-,8-/m1/s1. The molecule has 0 saturated carbocycles. The molecule has 0 bridgehead atoms. The van der Waals surface area contributed by atoms with E-state index in [-0.39, 0.29) is 34.4 Å². The highest BCUT2D eigenvalue weighted by molar-refractivity contribution is 7.18. The Morgan fingerprint density at radius 3 is 3.05 bits per heavy atom. The highest BCUT2D eigenvalue weighted by Gasteiger charge is 2.36. The van der Waals surface area contributed by atoms with E-state index in [1.165, 1.54) is 0 Å². The van der Waals surface area contributed by atoms with Gasteiger partial charge >= 0.3 is 5.00 Å². The number of ether oxygens (including phenoxy) is 1. The van der Waals surface area contributed by atoms with Gasteiger partial charge < -0.3 is 15.0 Å². The second-order valence-corrected chi connectivity index (χ2v) is 6.01. The Labute approximate surface area is 130 Å². The molecule has 1 aromatic heterocycles. The maximum atomic E-state index is 12.1. The number of amides is 2. The number of nitrogens with zero attached hydrogens (tertiary/aromatic N) is 3. The number of rotatable bonds is 6. The zero-order chi connectivity index (χ0) is 16.3. The zero-order valence-corrected chi connectivity index (χ0v) is 13.0. The molecule has 22 heavy (non-hydrogen) atoms. The van der Waals surface area contributed by atoms with Gasteiger partial charge in [-0.25, -0.2) is 4.98 Å². The summed E-state index contributed by atoms with van der Waals surface area (Å²) in [7, 11) is 1.55. The Kier molecular flexibility index (Phi) is 5.03. The van der Waals surface area contributed by atoms with E-state index in [1.807, 2.05) is 6.92 Å². The fourth-order valence-corrected chi connectivity index (χ4v) is 2.91. The van der Waals surface area contributed by atoms with Crippen molar-refractivity contribution in [2.45, 2.75) is 19.4 Å². The highest BCUT2D eigenvalue weighted by atomic mass is 32.1. The summed E-state index contributed by atoms with van der Waals surface area (Å²) in [5.41, 5.74) is 0. The first-order valence-electron chi connectivity index (χ1n) is 6.62. The molecular formula is C12H16N4O5S. The van der Waals surface area contributed by atoms with Crippen LogP contribution < -0.4 is 5.32 Å². The number of aromatic nitrogens is 1. The molecule has 0 spiro atoms. The van der Waals surface area contributed by atoms with Crippen LogP contribution in [0.25, 0.3) is 0 Å². The molecule has 2 amide bonds. The molecule has 0 aromatic carbocycles. The fraction of sp³-hybridized carbons (Fsp3) is 0.583. The molecule has 10 heteroatoms. The number of hydrogen-bond donors (Lipinski definition) is 1. The first-order valence-corrected chi connectivity index (χ1v) is 7.43. The van der Waals surface area contributed by atoms with Gasteiger partial charge in [-0.1, -0.05) is 0 Å². The van der Waals surface area contributed by atoms with Gasteiger partial charge in [0.1, 0.15) is 6.20 Å². The van der Waals surface area contributed by atoms with Crippen molar-refractivity contribution in [1.82, 2.24) is 9.88 Å². The van der Waals surface area contributed by atoms with Crippen molar-refractivity contribution in [3.8, 4) is 0 Å². The maximum Gasteiger partial charge on any atom is 0.345 e. The molecule has 1 N–H and O–H groups in total. The molecule has 1 aromatic rings. The summed E-state index contributed by atoms with van der Waals surface area (Å²) in [5, 5.41) is 13.1. The molecule has 0 aliphatic carbocycles. The Balaban J connectivity index is 1.95. The number of nitro groups is 1. The minimum Gasteiger partial charge on any atom is -0.383 e. The summed E-state index contributed by atoms with van der Waals surface area (Å²) < 4.78 is 5.01. The van der Waals surface area contributed by atoms with Gasteiger partial charge in [0.2, 0.25) is 11.8 Å². The van der Waals surface area contributed by atoms with Crippen LogP contribution in [0.4, 0.5) is 10.1 Å². The van der Waals surface area contributed by atoms with Gasteiger partial charge in [-0.3, -0.25) is 19.7 Å². The van der Waals surface area contributed by atoms with Crippen molar-refractivity contribution >= 4 is 33.3 Å². The normalized spacial score (nSPS) is 19.3. The minimum atomic E-state index is -0.569. The molecule has 0 unspecified atom stereocenters. The van der Waals surface area contributed by atoms with Crippen LogP contribution in [0.15, 0.2) is 6.20 Å². The number of carbonyl (C=O) groups excluding carboxylic acids is 2. The second-order valence-electron chi connectivity index (χ2n) is 5.00. The number of methoxy groups -OCH3 is 1. The molecule has 1 fully saturated rings. The van der Waals surface area contributed by atoms with Gasteiger partial charge in [-0.15, -0.1) is 0 Å². The summed E-state index contributed by atoms with van der Waals surface area (Å²) >= 11 is 0.783. The van der Waals surface area contributed by atoms with E-state index in [0.29, 0.717) is 13.2 Å². The van der Waals surface area contributed by atoms with E-state index >= 15 is 0 Å². The van der Waals surface area contributed by atoms with Gasteiger partial charge in [0.05, 0.1) is 23.5 Å². The molecule has 1 aliphatic rings. The van der Waals surface area contributed by atoms with E-state index in [4.69, 9.17) is 4.74 Å². The molecule has 1 saturated heterocycles. The number of thiazole rings is 1. The predicted octanol–water partition coefficient (Wildman–Crippen LogP) is 0.873. The van der Waals surface area contributed by atoms with Crippen LogP contribution in [0.5, 0.6) is 0 Å². The molecular weight excluding hydrogens is 312 g/mol. The second kappa shape index (κ2) is 6.79. The fourth-order valence-electron chi connectivity index (χ4n) is 2.28.